The van der Waals surface area contributed by atoms with Gasteiger partial charge in [-0.1, -0.05) is 6.92 Å². The Morgan fingerprint density at radius 2 is 1.96 bits per heavy atom. The van der Waals surface area contributed by atoms with Crippen LogP contribution < -0.4 is 10.5 Å². The molecule has 1 aliphatic rings. The molecule has 1 fully saturated rings. The maximum absolute atomic E-state index is 11.5. The van der Waals surface area contributed by atoms with E-state index >= 15 is 0 Å². The fourth-order valence-electron chi connectivity index (χ4n) is 3.67. The standard InChI is InChI=1S/C22H31N3O2S/c1-4-13-27-17-5-6-18(16(2)14-17)20-7-8-21(28-20)22(19(23)15-26)25-11-9-24(3)10-12-25/h5-8,14-15,19,22H,4,9-13,23H2,1-3H3. The van der Waals surface area contributed by atoms with Crippen LogP contribution in [-0.4, -0.2) is 62.0 Å². The molecular formula is C22H31N3O2S. The molecule has 3 rings (SSSR count). The van der Waals surface area contributed by atoms with Gasteiger partial charge in [-0.2, -0.15) is 0 Å². The van der Waals surface area contributed by atoms with Crippen molar-refractivity contribution in [3.63, 3.8) is 0 Å². The highest BCUT2D eigenvalue weighted by Crippen LogP contribution is 2.37. The topological polar surface area (TPSA) is 58.8 Å². The summed E-state index contributed by atoms with van der Waals surface area (Å²) >= 11 is 1.74. The maximum Gasteiger partial charge on any atom is 0.138 e. The van der Waals surface area contributed by atoms with Crippen molar-refractivity contribution in [1.29, 1.82) is 0 Å². The van der Waals surface area contributed by atoms with Crippen molar-refractivity contribution < 1.29 is 9.53 Å². The second-order valence-corrected chi connectivity index (χ2v) is 8.64. The molecule has 1 aliphatic heterocycles. The van der Waals surface area contributed by atoms with Crippen molar-refractivity contribution in [2.45, 2.75) is 32.4 Å². The van der Waals surface area contributed by atoms with Crippen molar-refractivity contribution in [3.05, 3.63) is 40.8 Å². The highest BCUT2D eigenvalue weighted by Gasteiger charge is 2.30. The molecule has 2 heterocycles. The lowest BCUT2D eigenvalue weighted by atomic mass is 10.0. The largest absolute Gasteiger partial charge is 0.494 e. The van der Waals surface area contributed by atoms with E-state index in [-0.39, 0.29) is 6.04 Å². The van der Waals surface area contributed by atoms with E-state index in [4.69, 9.17) is 10.5 Å². The fourth-order valence-corrected chi connectivity index (χ4v) is 4.96. The molecule has 1 aromatic carbocycles. The van der Waals surface area contributed by atoms with Crippen LogP contribution in [0.15, 0.2) is 30.3 Å². The first-order valence-corrected chi connectivity index (χ1v) is 10.8. The number of hydrogen-bond donors (Lipinski definition) is 1. The highest BCUT2D eigenvalue weighted by atomic mass is 32.1. The first-order valence-electron chi connectivity index (χ1n) is 10.0. The first kappa shape index (κ1) is 21.0. The number of benzene rings is 1. The van der Waals surface area contributed by atoms with Gasteiger partial charge in [0, 0.05) is 35.9 Å². The molecule has 0 saturated carbocycles. The van der Waals surface area contributed by atoms with Crippen molar-refractivity contribution >= 4 is 17.6 Å². The second-order valence-electron chi connectivity index (χ2n) is 7.52. The minimum absolute atomic E-state index is 0.0579. The van der Waals surface area contributed by atoms with Crippen LogP contribution in [0, 0.1) is 6.92 Å². The minimum Gasteiger partial charge on any atom is -0.494 e. The Morgan fingerprint density at radius 3 is 2.61 bits per heavy atom. The Balaban J connectivity index is 1.83. The molecule has 5 nitrogen and oxygen atoms in total. The Labute approximate surface area is 172 Å². The van der Waals surface area contributed by atoms with Crippen molar-refractivity contribution in [3.8, 4) is 16.2 Å². The number of piperazine rings is 1. The summed E-state index contributed by atoms with van der Waals surface area (Å²) in [6.07, 6.45) is 1.88. The summed E-state index contributed by atoms with van der Waals surface area (Å²) in [5, 5.41) is 0. The van der Waals surface area contributed by atoms with Crippen molar-refractivity contribution in [2.24, 2.45) is 5.73 Å². The van der Waals surface area contributed by atoms with Crippen LogP contribution in [0.4, 0.5) is 0 Å². The summed E-state index contributed by atoms with van der Waals surface area (Å²) in [6, 6.07) is 9.97. The number of carbonyl (C=O) groups is 1. The lowest BCUT2D eigenvalue weighted by Gasteiger charge is -2.38. The van der Waals surface area contributed by atoms with Gasteiger partial charge >= 0.3 is 0 Å². The SMILES string of the molecule is CCCOc1ccc(-c2ccc(C(C(N)C=O)N3CCN(C)CC3)s2)c(C)c1. The van der Waals surface area contributed by atoms with Crippen LogP contribution in [-0.2, 0) is 4.79 Å². The molecule has 0 radical (unpaired) electrons. The van der Waals surface area contributed by atoms with Crippen LogP contribution >= 0.6 is 11.3 Å². The van der Waals surface area contributed by atoms with Gasteiger partial charge in [0.15, 0.2) is 0 Å². The molecule has 0 amide bonds. The summed E-state index contributed by atoms with van der Waals surface area (Å²) in [5.74, 6) is 0.915. The highest BCUT2D eigenvalue weighted by molar-refractivity contribution is 7.15. The zero-order valence-electron chi connectivity index (χ0n) is 17.1. The number of rotatable bonds is 8. The lowest BCUT2D eigenvalue weighted by molar-refractivity contribution is -0.110. The molecular weight excluding hydrogens is 370 g/mol. The number of likely N-dealkylation sites (N-methyl/N-ethyl adjacent to an activating group) is 1. The molecule has 2 aromatic rings. The smallest absolute Gasteiger partial charge is 0.138 e. The maximum atomic E-state index is 11.5. The quantitative estimate of drug-likeness (QED) is 0.688. The van der Waals surface area contributed by atoms with Gasteiger partial charge in [0.1, 0.15) is 12.0 Å². The summed E-state index contributed by atoms with van der Waals surface area (Å²) in [4.78, 5) is 18.5. The Hall–Kier alpha value is -1.73. The van der Waals surface area contributed by atoms with E-state index in [1.54, 1.807) is 11.3 Å². The van der Waals surface area contributed by atoms with E-state index in [0.717, 1.165) is 56.1 Å². The molecule has 1 aromatic heterocycles. The van der Waals surface area contributed by atoms with Crippen LogP contribution in [0.1, 0.15) is 29.8 Å². The van der Waals surface area contributed by atoms with Crippen LogP contribution in [0.3, 0.4) is 0 Å². The molecule has 1 saturated heterocycles. The van der Waals surface area contributed by atoms with Crippen LogP contribution in [0.25, 0.3) is 10.4 Å². The number of nitrogens with zero attached hydrogens (tertiary/aromatic N) is 2. The third-order valence-corrected chi connectivity index (χ3v) is 6.50. The average molecular weight is 402 g/mol. The van der Waals surface area contributed by atoms with E-state index in [9.17, 15) is 4.79 Å². The number of thiophene rings is 1. The number of carbonyl (C=O) groups excluding carboxylic acids is 1. The molecule has 0 aliphatic carbocycles. The Morgan fingerprint density at radius 1 is 1.21 bits per heavy atom. The monoisotopic (exact) mass is 401 g/mol. The first-order chi connectivity index (χ1) is 13.5. The zero-order valence-corrected chi connectivity index (χ0v) is 17.9. The molecule has 6 heteroatoms. The fraction of sp³-hybridized carbons (Fsp3) is 0.500. The normalized spacial score (nSPS) is 18.0. The van der Waals surface area contributed by atoms with Crippen molar-refractivity contribution in [1.82, 2.24) is 9.80 Å². The predicted octanol–water partition coefficient (Wildman–Crippen LogP) is 3.33. The molecule has 0 spiro atoms. The Bertz CT molecular complexity index is 784. The number of nitrogens with two attached hydrogens (primary N) is 1. The van der Waals surface area contributed by atoms with Crippen LogP contribution in [0.2, 0.25) is 0 Å². The minimum atomic E-state index is -0.513. The van der Waals surface area contributed by atoms with Gasteiger partial charge < -0.3 is 20.2 Å². The average Bonchev–Trinajstić information content (AvgIpc) is 3.17. The molecule has 2 atom stereocenters. The van der Waals surface area contributed by atoms with E-state index in [0.29, 0.717) is 0 Å². The number of ether oxygens (including phenoxy) is 1. The third kappa shape index (κ3) is 4.81. The summed E-state index contributed by atoms with van der Waals surface area (Å²) < 4.78 is 5.74. The molecule has 2 N–H and O–H groups in total. The third-order valence-electron chi connectivity index (χ3n) is 5.31. The molecule has 0 bridgehead atoms. The van der Waals surface area contributed by atoms with Gasteiger partial charge in [-0.15, -0.1) is 11.3 Å². The van der Waals surface area contributed by atoms with Crippen LogP contribution in [0.5, 0.6) is 5.75 Å². The predicted molar refractivity (Wildman–Crippen MR) is 116 cm³/mol. The molecule has 152 valence electrons. The van der Waals surface area contributed by atoms with E-state index in [1.165, 1.54) is 16.0 Å². The van der Waals surface area contributed by atoms with Gasteiger partial charge in [-0.3, -0.25) is 4.90 Å². The lowest BCUT2D eigenvalue weighted by Crippen LogP contribution is -2.50. The van der Waals surface area contributed by atoms with E-state index in [2.05, 4.69) is 55.0 Å². The van der Waals surface area contributed by atoms with Crippen molar-refractivity contribution in [2.75, 3.05) is 39.8 Å². The molecule has 28 heavy (non-hydrogen) atoms. The van der Waals surface area contributed by atoms with Gasteiger partial charge in [0.25, 0.3) is 0 Å². The number of aldehydes is 1. The van der Waals surface area contributed by atoms with E-state index in [1.807, 2.05) is 6.07 Å². The van der Waals surface area contributed by atoms with Gasteiger partial charge in [-0.05, 0) is 61.9 Å². The van der Waals surface area contributed by atoms with Gasteiger partial charge in [-0.25, -0.2) is 0 Å². The summed E-state index contributed by atoms with van der Waals surface area (Å²) in [7, 11) is 2.13. The molecule has 2 unspecified atom stereocenters. The number of hydrogen-bond acceptors (Lipinski definition) is 6. The van der Waals surface area contributed by atoms with E-state index < -0.39 is 6.04 Å². The summed E-state index contributed by atoms with van der Waals surface area (Å²) in [5.41, 5.74) is 8.62. The number of aryl methyl sites for hydroxylation is 1. The zero-order chi connectivity index (χ0) is 20.1. The summed E-state index contributed by atoms with van der Waals surface area (Å²) in [6.45, 7) is 8.81. The van der Waals surface area contributed by atoms with Gasteiger partial charge in [0.2, 0.25) is 0 Å². The van der Waals surface area contributed by atoms with Gasteiger partial charge in [0.05, 0.1) is 18.7 Å². The second kappa shape index (κ2) is 9.65. The Kier molecular flexibility index (Phi) is 7.24.